The number of alkyl halides is 3. The highest BCUT2D eigenvalue weighted by Crippen LogP contribution is 2.32. The van der Waals surface area contributed by atoms with Crippen molar-refractivity contribution in [3.05, 3.63) is 30.2 Å². The quantitative estimate of drug-likeness (QED) is 0.515. The number of aryl methyl sites for hydroxylation is 1. The molecule has 3 aromatic heterocycles. The molecule has 29 heavy (non-hydrogen) atoms. The zero-order valence-electron chi connectivity index (χ0n) is 16.0. The summed E-state index contributed by atoms with van der Waals surface area (Å²) in [5.74, 6) is 1.95. The minimum Gasteiger partial charge on any atom is -0.491 e. The Hall–Kier alpha value is -2.14. The summed E-state index contributed by atoms with van der Waals surface area (Å²) in [6, 6.07) is 2.55. The van der Waals surface area contributed by atoms with E-state index in [1.165, 1.54) is 6.20 Å². The molecule has 0 saturated carbocycles. The number of aromatic nitrogens is 4. The van der Waals surface area contributed by atoms with Crippen LogP contribution >= 0.6 is 11.8 Å². The van der Waals surface area contributed by atoms with Crippen LogP contribution in [0.3, 0.4) is 0 Å². The molecule has 3 heterocycles. The molecule has 0 N–H and O–H groups in total. The first kappa shape index (κ1) is 21.6. The van der Waals surface area contributed by atoms with Gasteiger partial charge in [-0.3, -0.25) is 4.21 Å². The van der Waals surface area contributed by atoms with E-state index in [2.05, 4.69) is 15.0 Å². The SMILES string of the molecule is CCS(=O)c1cc(OCCSC)cnc1-c1nc2cc(C(F)(F)F)ncc2n1C. The number of thioether (sulfide) groups is 1. The van der Waals surface area contributed by atoms with Crippen molar-refractivity contribution in [3.8, 4) is 17.3 Å². The van der Waals surface area contributed by atoms with Gasteiger partial charge in [-0.25, -0.2) is 15.0 Å². The lowest BCUT2D eigenvalue weighted by Crippen LogP contribution is -2.07. The lowest BCUT2D eigenvalue weighted by atomic mass is 10.3. The van der Waals surface area contributed by atoms with Crippen LogP contribution in [0.4, 0.5) is 13.2 Å². The summed E-state index contributed by atoms with van der Waals surface area (Å²) in [6.07, 6.45) is 0.0393. The van der Waals surface area contributed by atoms with Crippen molar-refractivity contribution in [1.29, 1.82) is 0 Å². The van der Waals surface area contributed by atoms with Crippen molar-refractivity contribution in [2.24, 2.45) is 7.05 Å². The molecular weight excluding hydrogens is 425 g/mol. The van der Waals surface area contributed by atoms with Gasteiger partial charge in [0.05, 0.1) is 45.7 Å². The molecule has 1 atom stereocenters. The molecule has 0 bridgehead atoms. The standard InChI is InChI=1S/C18H19F3N4O2S2/c1-4-29(26)14-7-11(27-5-6-28-3)9-23-16(14)17-24-12-8-15(18(19,20)21)22-10-13(12)25(17)2/h7-10H,4-6H2,1-3H3. The third-order valence-corrected chi connectivity index (χ3v) is 6.06. The molecule has 6 nitrogen and oxygen atoms in total. The van der Waals surface area contributed by atoms with Gasteiger partial charge in [-0.1, -0.05) is 6.92 Å². The zero-order valence-corrected chi connectivity index (χ0v) is 17.6. The minimum absolute atomic E-state index is 0.139. The van der Waals surface area contributed by atoms with Crippen LogP contribution in [0.15, 0.2) is 29.4 Å². The van der Waals surface area contributed by atoms with E-state index in [1.54, 1.807) is 36.4 Å². The summed E-state index contributed by atoms with van der Waals surface area (Å²) in [5, 5.41) is 0. The number of nitrogens with zero attached hydrogens (tertiary/aromatic N) is 4. The van der Waals surface area contributed by atoms with Gasteiger partial charge in [0.15, 0.2) is 5.82 Å². The van der Waals surface area contributed by atoms with Gasteiger partial charge in [-0.15, -0.1) is 0 Å². The molecule has 156 valence electrons. The topological polar surface area (TPSA) is 69.9 Å². The third kappa shape index (κ3) is 4.55. The molecule has 11 heteroatoms. The first-order valence-corrected chi connectivity index (χ1v) is 11.4. The van der Waals surface area contributed by atoms with Crippen molar-refractivity contribution in [1.82, 2.24) is 19.5 Å². The monoisotopic (exact) mass is 444 g/mol. The van der Waals surface area contributed by atoms with Gasteiger partial charge in [-0.05, 0) is 12.3 Å². The van der Waals surface area contributed by atoms with Crippen molar-refractivity contribution in [2.75, 3.05) is 24.4 Å². The Balaban J connectivity index is 2.10. The van der Waals surface area contributed by atoms with Crippen LogP contribution in [0.1, 0.15) is 12.6 Å². The molecule has 0 aliphatic heterocycles. The molecule has 0 aliphatic carbocycles. The van der Waals surface area contributed by atoms with Crippen LogP contribution < -0.4 is 4.74 Å². The van der Waals surface area contributed by atoms with E-state index < -0.39 is 22.7 Å². The molecule has 0 amide bonds. The van der Waals surface area contributed by atoms with E-state index in [0.29, 0.717) is 40.0 Å². The Bertz CT molecular complexity index is 1050. The molecule has 0 fully saturated rings. The van der Waals surface area contributed by atoms with Gasteiger partial charge >= 0.3 is 6.18 Å². The van der Waals surface area contributed by atoms with Gasteiger partial charge in [0.2, 0.25) is 0 Å². The fourth-order valence-corrected chi connectivity index (χ4v) is 3.87. The normalized spacial score (nSPS) is 13.0. The second kappa shape index (κ2) is 8.70. The second-order valence-corrected chi connectivity index (χ2v) is 8.74. The van der Waals surface area contributed by atoms with Crippen LogP contribution in [0.25, 0.3) is 22.6 Å². The number of halogens is 3. The minimum atomic E-state index is -4.56. The molecule has 3 aromatic rings. The number of fused-ring (bicyclic) bond motifs is 1. The highest BCUT2D eigenvalue weighted by molar-refractivity contribution is 7.98. The Labute approximate surface area is 172 Å². The van der Waals surface area contributed by atoms with Gasteiger partial charge < -0.3 is 9.30 Å². The summed E-state index contributed by atoms with van der Waals surface area (Å²) in [7, 11) is 0.290. The van der Waals surface area contributed by atoms with Crippen molar-refractivity contribution in [2.45, 2.75) is 18.0 Å². The van der Waals surface area contributed by atoms with Crippen molar-refractivity contribution >= 4 is 33.6 Å². The van der Waals surface area contributed by atoms with E-state index in [-0.39, 0.29) is 5.52 Å². The van der Waals surface area contributed by atoms with Crippen LogP contribution in [0.2, 0.25) is 0 Å². The lowest BCUT2D eigenvalue weighted by Gasteiger charge is -2.11. The second-order valence-electron chi connectivity index (χ2n) is 6.04. The smallest absolute Gasteiger partial charge is 0.433 e. The predicted octanol–water partition coefficient (Wildman–Crippen LogP) is 3.92. The third-order valence-electron chi connectivity index (χ3n) is 4.16. The summed E-state index contributed by atoms with van der Waals surface area (Å²) in [6.45, 7) is 2.26. The first-order valence-electron chi connectivity index (χ1n) is 8.66. The first-order chi connectivity index (χ1) is 13.8. The van der Waals surface area contributed by atoms with Crippen molar-refractivity contribution < 1.29 is 22.1 Å². The molecule has 0 spiro atoms. The Morgan fingerprint density at radius 3 is 2.66 bits per heavy atom. The van der Waals surface area contributed by atoms with E-state index in [9.17, 15) is 17.4 Å². The maximum atomic E-state index is 13.0. The molecule has 0 radical (unpaired) electrons. The van der Waals surface area contributed by atoms with E-state index in [4.69, 9.17) is 4.74 Å². The Morgan fingerprint density at radius 2 is 2.00 bits per heavy atom. The van der Waals surface area contributed by atoms with E-state index in [0.717, 1.165) is 18.0 Å². The van der Waals surface area contributed by atoms with E-state index in [1.807, 2.05) is 6.26 Å². The molecular formula is C18H19F3N4O2S2. The molecule has 1 unspecified atom stereocenters. The number of hydrogen-bond donors (Lipinski definition) is 0. The highest BCUT2D eigenvalue weighted by atomic mass is 32.2. The van der Waals surface area contributed by atoms with Crippen LogP contribution in [-0.2, 0) is 24.0 Å². The summed E-state index contributed by atoms with van der Waals surface area (Å²) in [4.78, 5) is 12.6. The largest absolute Gasteiger partial charge is 0.491 e. The Morgan fingerprint density at radius 1 is 1.24 bits per heavy atom. The summed E-state index contributed by atoms with van der Waals surface area (Å²) >= 11 is 1.64. The number of ether oxygens (including phenoxy) is 1. The van der Waals surface area contributed by atoms with Crippen LogP contribution in [0, 0.1) is 0 Å². The van der Waals surface area contributed by atoms with Crippen LogP contribution in [0.5, 0.6) is 5.75 Å². The Kier molecular flexibility index (Phi) is 6.47. The average molecular weight is 445 g/mol. The summed E-state index contributed by atoms with van der Waals surface area (Å²) in [5.41, 5.74) is -0.115. The van der Waals surface area contributed by atoms with Gasteiger partial charge in [-0.2, -0.15) is 24.9 Å². The number of rotatable bonds is 7. The van der Waals surface area contributed by atoms with Gasteiger partial charge in [0, 0.05) is 24.6 Å². The fraction of sp³-hybridized carbons (Fsp3) is 0.389. The maximum absolute atomic E-state index is 13.0. The number of pyridine rings is 2. The summed E-state index contributed by atoms with van der Waals surface area (Å²) < 4.78 is 58.7. The molecule has 3 rings (SSSR count). The average Bonchev–Trinajstić information content (AvgIpc) is 3.02. The number of imidazole rings is 1. The van der Waals surface area contributed by atoms with Crippen molar-refractivity contribution in [3.63, 3.8) is 0 Å². The molecule has 0 aromatic carbocycles. The van der Waals surface area contributed by atoms with Gasteiger partial charge in [0.25, 0.3) is 0 Å². The highest BCUT2D eigenvalue weighted by Gasteiger charge is 2.33. The predicted molar refractivity (Wildman–Crippen MR) is 108 cm³/mol. The zero-order chi connectivity index (χ0) is 21.2. The lowest BCUT2D eigenvalue weighted by molar-refractivity contribution is -0.141. The van der Waals surface area contributed by atoms with Crippen LogP contribution in [-0.4, -0.2) is 48.1 Å². The fourth-order valence-electron chi connectivity index (χ4n) is 2.70. The van der Waals surface area contributed by atoms with Gasteiger partial charge in [0.1, 0.15) is 17.1 Å². The van der Waals surface area contributed by atoms with E-state index >= 15 is 0 Å². The maximum Gasteiger partial charge on any atom is 0.433 e. The molecule has 0 aliphatic rings. The molecule has 0 saturated heterocycles. The number of hydrogen-bond acceptors (Lipinski definition) is 6.